The summed E-state index contributed by atoms with van der Waals surface area (Å²) in [6.07, 6.45) is 1.47. The number of azide groups is 1. The molecular formula is C13H15N3O3. The highest BCUT2D eigenvalue weighted by atomic mass is 16.5. The minimum atomic E-state index is -0.644. The largest absolute Gasteiger partial charge is 0.494 e. The third kappa shape index (κ3) is 4.73. The van der Waals surface area contributed by atoms with Crippen LogP contribution in [-0.4, -0.2) is 19.2 Å². The summed E-state index contributed by atoms with van der Waals surface area (Å²) >= 11 is 0. The van der Waals surface area contributed by atoms with Crippen molar-refractivity contribution in [3.8, 4) is 5.75 Å². The minimum absolute atomic E-state index is 0.0755. The molecule has 1 aromatic carbocycles. The standard InChI is InChI=1S/C13H15N3O3/c1-3-18-11-7-5-10(6-8-11)9-12(15-16-14)13(17)19-4-2/h5-9H,3-4H2,1-2H3/b12-9-. The number of hydrogen-bond acceptors (Lipinski definition) is 4. The van der Waals surface area contributed by atoms with Crippen LogP contribution in [0, 0.1) is 0 Å². The zero-order chi connectivity index (χ0) is 14.1. The molecule has 0 bridgehead atoms. The van der Waals surface area contributed by atoms with Crippen molar-refractivity contribution < 1.29 is 14.3 Å². The Hall–Kier alpha value is -2.46. The average molecular weight is 261 g/mol. The first-order valence-corrected chi connectivity index (χ1v) is 5.88. The van der Waals surface area contributed by atoms with E-state index in [2.05, 4.69) is 10.0 Å². The van der Waals surface area contributed by atoms with Crippen molar-refractivity contribution in [2.75, 3.05) is 13.2 Å². The summed E-state index contributed by atoms with van der Waals surface area (Å²) in [5.41, 5.74) is 9.08. The van der Waals surface area contributed by atoms with Crippen molar-refractivity contribution in [1.29, 1.82) is 0 Å². The third-order valence-electron chi connectivity index (χ3n) is 2.13. The molecule has 0 aliphatic carbocycles. The summed E-state index contributed by atoms with van der Waals surface area (Å²) in [5, 5.41) is 3.33. The van der Waals surface area contributed by atoms with Gasteiger partial charge in [0.15, 0.2) is 0 Å². The maximum Gasteiger partial charge on any atom is 0.340 e. The van der Waals surface area contributed by atoms with E-state index in [1.165, 1.54) is 6.08 Å². The molecule has 0 aliphatic heterocycles. The molecule has 1 rings (SSSR count). The van der Waals surface area contributed by atoms with Gasteiger partial charge in [0.1, 0.15) is 11.4 Å². The van der Waals surface area contributed by atoms with E-state index in [1.807, 2.05) is 6.92 Å². The molecule has 0 unspecified atom stereocenters. The molecule has 100 valence electrons. The summed E-state index contributed by atoms with van der Waals surface area (Å²) in [5.74, 6) is 0.0929. The van der Waals surface area contributed by atoms with E-state index in [0.717, 1.165) is 11.3 Å². The van der Waals surface area contributed by atoms with Crippen molar-refractivity contribution in [2.45, 2.75) is 13.8 Å². The van der Waals surface area contributed by atoms with Gasteiger partial charge in [-0.2, -0.15) is 0 Å². The first-order valence-electron chi connectivity index (χ1n) is 5.88. The fraction of sp³-hybridized carbons (Fsp3) is 0.308. The molecule has 0 radical (unpaired) electrons. The number of esters is 1. The normalized spacial score (nSPS) is 10.5. The molecule has 1 aromatic rings. The number of nitrogens with zero attached hydrogens (tertiary/aromatic N) is 3. The van der Waals surface area contributed by atoms with E-state index in [-0.39, 0.29) is 12.3 Å². The van der Waals surface area contributed by atoms with Crippen LogP contribution in [0.4, 0.5) is 0 Å². The molecule has 0 saturated heterocycles. The van der Waals surface area contributed by atoms with Crippen molar-refractivity contribution in [2.24, 2.45) is 5.11 Å². The second-order valence-electron chi connectivity index (χ2n) is 3.44. The number of ether oxygens (including phenoxy) is 2. The molecule has 6 heteroatoms. The second kappa shape index (κ2) is 7.79. The van der Waals surface area contributed by atoms with Gasteiger partial charge in [-0.15, -0.1) is 0 Å². The van der Waals surface area contributed by atoms with Gasteiger partial charge in [0, 0.05) is 4.91 Å². The van der Waals surface area contributed by atoms with Crippen LogP contribution in [0.1, 0.15) is 19.4 Å². The highest BCUT2D eigenvalue weighted by Gasteiger charge is 2.08. The predicted octanol–water partition coefficient (Wildman–Crippen LogP) is 3.30. The smallest absolute Gasteiger partial charge is 0.340 e. The maximum atomic E-state index is 11.5. The lowest BCUT2D eigenvalue weighted by Gasteiger charge is -2.04. The Balaban J connectivity index is 2.95. The zero-order valence-corrected chi connectivity index (χ0v) is 10.9. The lowest BCUT2D eigenvalue weighted by molar-refractivity contribution is -0.138. The zero-order valence-electron chi connectivity index (χ0n) is 10.9. The van der Waals surface area contributed by atoms with E-state index in [9.17, 15) is 4.79 Å². The Labute approximate surface area is 111 Å². The third-order valence-corrected chi connectivity index (χ3v) is 2.13. The molecule has 0 spiro atoms. The van der Waals surface area contributed by atoms with Crippen LogP contribution in [-0.2, 0) is 9.53 Å². The second-order valence-corrected chi connectivity index (χ2v) is 3.44. The molecule has 0 heterocycles. The summed E-state index contributed by atoms with van der Waals surface area (Å²) in [7, 11) is 0. The van der Waals surface area contributed by atoms with E-state index in [1.54, 1.807) is 31.2 Å². The molecule has 0 amide bonds. The molecule has 19 heavy (non-hydrogen) atoms. The highest BCUT2D eigenvalue weighted by molar-refractivity contribution is 5.93. The molecule has 0 atom stereocenters. The number of carbonyl (C=O) groups is 1. The molecule has 6 nitrogen and oxygen atoms in total. The van der Waals surface area contributed by atoms with Crippen LogP contribution < -0.4 is 4.74 Å². The number of carbonyl (C=O) groups excluding carboxylic acids is 1. The van der Waals surface area contributed by atoms with Crippen molar-refractivity contribution >= 4 is 12.0 Å². The number of rotatable bonds is 6. The van der Waals surface area contributed by atoms with Gasteiger partial charge in [0.25, 0.3) is 0 Å². The van der Waals surface area contributed by atoms with Gasteiger partial charge in [-0.25, -0.2) is 4.79 Å². The number of hydrogen-bond donors (Lipinski definition) is 0. The highest BCUT2D eigenvalue weighted by Crippen LogP contribution is 2.15. The predicted molar refractivity (Wildman–Crippen MR) is 71.4 cm³/mol. The quantitative estimate of drug-likeness (QED) is 0.259. The maximum absolute atomic E-state index is 11.5. The first kappa shape index (κ1) is 14.6. The molecule has 0 saturated carbocycles. The van der Waals surface area contributed by atoms with Crippen LogP contribution in [0.25, 0.3) is 16.5 Å². The summed E-state index contributed by atoms with van der Waals surface area (Å²) in [4.78, 5) is 14.1. The van der Waals surface area contributed by atoms with E-state index in [0.29, 0.717) is 6.61 Å². The van der Waals surface area contributed by atoms with Crippen LogP contribution in [0.15, 0.2) is 35.1 Å². The summed E-state index contributed by atoms with van der Waals surface area (Å²) < 4.78 is 10.1. The Morgan fingerprint density at radius 1 is 1.32 bits per heavy atom. The molecular weight excluding hydrogens is 246 g/mol. The van der Waals surface area contributed by atoms with Crippen LogP contribution in [0.2, 0.25) is 0 Å². The molecule has 0 aliphatic rings. The van der Waals surface area contributed by atoms with Crippen LogP contribution >= 0.6 is 0 Å². The Morgan fingerprint density at radius 3 is 2.53 bits per heavy atom. The first-order chi connectivity index (χ1) is 9.21. The SMILES string of the molecule is CCOC(=O)/C(=C/c1ccc(OCC)cc1)N=[N+]=[N-]. The molecule has 0 N–H and O–H groups in total. The van der Waals surface area contributed by atoms with E-state index < -0.39 is 5.97 Å². The Kier molecular flexibility index (Phi) is 5.98. The van der Waals surface area contributed by atoms with E-state index >= 15 is 0 Å². The lowest BCUT2D eigenvalue weighted by Crippen LogP contribution is -2.05. The number of benzene rings is 1. The van der Waals surface area contributed by atoms with Gasteiger partial charge in [-0.3, -0.25) is 0 Å². The lowest BCUT2D eigenvalue weighted by atomic mass is 10.2. The van der Waals surface area contributed by atoms with Gasteiger partial charge < -0.3 is 9.47 Å². The molecule has 0 fully saturated rings. The van der Waals surface area contributed by atoms with Crippen molar-refractivity contribution in [1.82, 2.24) is 0 Å². The molecule has 0 aromatic heterocycles. The Bertz CT molecular complexity index is 502. The van der Waals surface area contributed by atoms with Crippen molar-refractivity contribution in [3.05, 3.63) is 46.0 Å². The van der Waals surface area contributed by atoms with Gasteiger partial charge >= 0.3 is 5.97 Å². The van der Waals surface area contributed by atoms with Gasteiger partial charge in [0.2, 0.25) is 0 Å². The van der Waals surface area contributed by atoms with Gasteiger partial charge in [0.05, 0.1) is 13.2 Å². The average Bonchev–Trinajstić information content (AvgIpc) is 2.41. The summed E-state index contributed by atoms with van der Waals surface area (Å²) in [6.45, 7) is 4.39. The summed E-state index contributed by atoms with van der Waals surface area (Å²) in [6, 6.07) is 7.07. The van der Waals surface area contributed by atoms with E-state index in [4.69, 9.17) is 15.0 Å². The Morgan fingerprint density at radius 2 is 2.00 bits per heavy atom. The monoisotopic (exact) mass is 261 g/mol. The minimum Gasteiger partial charge on any atom is -0.494 e. The van der Waals surface area contributed by atoms with Crippen LogP contribution in [0.3, 0.4) is 0 Å². The van der Waals surface area contributed by atoms with Crippen molar-refractivity contribution in [3.63, 3.8) is 0 Å². The fourth-order valence-corrected chi connectivity index (χ4v) is 1.37. The fourth-order valence-electron chi connectivity index (χ4n) is 1.37. The van der Waals surface area contributed by atoms with Gasteiger partial charge in [-0.1, -0.05) is 17.2 Å². The topological polar surface area (TPSA) is 84.3 Å². The van der Waals surface area contributed by atoms with Crippen LogP contribution in [0.5, 0.6) is 5.75 Å². The van der Waals surface area contributed by atoms with Gasteiger partial charge in [-0.05, 0) is 43.2 Å².